The third-order valence-corrected chi connectivity index (χ3v) is 6.45. The summed E-state index contributed by atoms with van der Waals surface area (Å²) in [4.78, 5) is 19.4. The Morgan fingerprint density at radius 2 is 1.72 bits per heavy atom. The monoisotopic (exact) mass is 486 g/mol. The molecule has 1 aliphatic rings. The van der Waals surface area contributed by atoms with Gasteiger partial charge in [0.05, 0.1) is 18.2 Å². The number of aryl methyl sites for hydroxylation is 2. The first-order valence-electron chi connectivity index (χ1n) is 11.5. The van der Waals surface area contributed by atoms with Gasteiger partial charge in [-0.1, -0.05) is 47.6 Å². The Kier molecular flexibility index (Phi) is 6.10. The number of urea groups is 1. The number of carbonyl (C=O) groups is 1. The molecule has 0 fully saturated rings. The van der Waals surface area contributed by atoms with Crippen molar-refractivity contribution in [1.29, 1.82) is 0 Å². The van der Waals surface area contributed by atoms with Gasteiger partial charge in [0, 0.05) is 11.3 Å². The molecule has 1 aliphatic heterocycles. The number of carbonyl (C=O) groups excluding carboxylic acids is 1. The summed E-state index contributed by atoms with van der Waals surface area (Å²) in [5.74, 6) is -0.289. The van der Waals surface area contributed by atoms with Crippen molar-refractivity contribution in [2.45, 2.75) is 33.4 Å². The van der Waals surface area contributed by atoms with Gasteiger partial charge in [0.1, 0.15) is 11.6 Å². The van der Waals surface area contributed by atoms with Crippen molar-refractivity contribution in [3.63, 3.8) is 0 Å². The molecule has 0 saturated carbocycles. The van der Waals surface area contributed by atoms with E-state index in [1.807, 2.05) is 39.0 Å². The number of nitrogens with one attached hydrogen (secondary N) is 1. The van der Waals surface area contributed by atoms with Crippen molar-refractivity contribution in [2.75, 3.05) is 0 Å². The lowest BCUT2D eigenvalue weighted by Crippen LogP contribution is -2.45. The minimum atomic E-state index is -0.540. The number of hydrogen-bond donors (Lipinski definition) is 1. The first-order valence-corrected chi connectivity index (χ1v) is 11.5. The van der Waals surface area contributed by atoms with E-state index in [4.69, 9.17) is 4.52 Å². The summed E-state index contributed by atoms with van der Waals surface area (Å²) in [5.41, 5.74) is 5.59. The van der Waals surface area contributed by atoms with E-state index < -0.39 is 11.9 Å². The highest BCUT2D eigenvalue weighted by Crippen LogP contribution is 2.38. The molecule has 1 N–H and O–H groups in total. The molecule has 2 amide bonds. The normalized spacial score (nSPS) is 15.9. The third-order valence-electron chi connectivity index (χ3n) is 6.45. The van der Waals surface area contributed by atoms with Crippen LogP contribution in [0.25, 0.3) is 17.0 Å². The van der Waals surface area contributed by atoms with E-state index in [1.54, 1.807) is 29.2 Å². The van der Waals surface area contributed by atoms with Crippen LogP contribution in [0.2, 0.25) is 0 Å². The molecule has 0 bridgehead atoms. The Hall–Kier alpha value is -4.33. The molecule has 0 radical (unpaired) electrons. The van der Waals surface area contributed by atoms with Crippen LogP contribution < -0.4 is 5.32 Å². The fourth-order valence-corrected chi connectivity index (χ4v) is 4.29. The molecule has 2 heterocycles. The fourth-order valence-electron chi connectivity index (χ4n) is 4.29. The molecule has 3 aromatic carbocycles. The van der Waals surface area contributed by atoms with Gasteiger partial charge in [0.15, 0.2) is 0 Å². The maximum Gasteiger partial charge on any atom is 0.322 e. The highest BCUT2D eigenvalue weighted by atomic mass is 19.1. The number of amides is 2. The summed E-state index contributed by atoms with van der Waals surface area (Å²) in [7, 11) is 0. The van der Waals surface area contributed by atoms with Crippen LogP contribution in [-0.4, -0.2) is 21.1 Å². The lowest BCUT2D eigenvalue weighted by atomic mass is 9.92. The van der Waals surface area contributed by atoms with Crippen LogP contribution in [0.15, 0.2) is 77.0 Å². The van der Waals surface area contributed by atoms with Crippen molar-refractivity contribution in [1.82, 2.24) is 20.4 Å². The average Bonchev–Trinajstić information content (AvgIpc) is 3.34. The molecule has 0 spiro atoms. The van der Waals surface area contributed by atoms with Gasteiger partial charge in [-0.25, -0.2) is 13.6 Å². The van der Waals surface area contributed by atoms with Gasteiger partial charge in [-0.05, 0) is 67.3 Å². The summed E-state index contributed by atoms with van der Waals surface area (Å²) < 4.78 is 32.9. The molecule has 0 saturated heterocycles. The molecule has 5 rings (SSSR count). The van der Waals surface area contributed by atoms with E-state index in [2.05, 4.69) is 15.5 Å². The first kappa shape index (κ1) is 23.4. The molecule has 8 heteroatoms. The number of hydrogen-bond acceptors (Lipinski definition) is 4. The van der Waals surface area contributed by atoms with E-state index in [0.29, 0.717) is 16.8 Å². The van der Waals surface area contributed by atoms with Gasteiger partial charge in [-0.2, -0.15) is 4.98 Å². The Bertz CT molecular complexity index is 1480. The number of allylic oxidation sites excluding steroid dienone is 1. The van der Waals surface area contributed by atoms with Crippen LogP contribution >= 0.6 is 0 Å². The van der Waals surface area contributed by atoms with Gasteiger partial charge in [-0.15, -0.1) is 0 Å². The standard InChI is InChI=1S/C28H24F2N4O2/c1-16-7-10-20(13-17(16)2)25-24(27-32-26(33-36-27)21-5-4-6-23(30)14-21)18(3)34(28(35)31-25)15-19-8-11-22(29)12-9-19/h4-14,25H,15H2,1-3H3,(H,31,35). The van der Waals surface area contributed by atoms with Crippen molar-refractivity contribution in [3.8, 4) is 11.4 Å². The van der Waals surface area contributed by atoms with E-state index in [-0.39, 0.29) is 30.1 Å². The number of nitrogens with zero attached hydrogens (tertiary/aromatic N) is 3. The van der Waals surface area contributed by atoms with Crippen LogP contribution in [0.1, 0.15) is 41.1 Å². The zero-order valence-corrected chi connectivity index (χ0v) is 20.0. The number of rotatable bonds is 5. The number of halogens is 2. The highest BCUT2D eigenvalue weighted by Gasteiger charge is 2.36. The van der Waals surface area contributed by atoms with Crippen LogP contribution in [-0.2, 0) is 6.54 Å². The predicted molar refractivity (Wildman–Crippen MR) is 131 cm³/mol. The smallest absolute Gasteiger partial charge is 0.322 e. The van der Waals surface area contributed by atoms with Crippen molar-refractivity contribution in [2.24, 2.45) is 0 Å². The lowest BCUT2D eigenvalue weighted by molar-refractivity contribution is 0.203. The van der Waals surface area contributed by atoms with Gasteiger partial charge in [0.2, 0.25) is 5.82 Å². The Balaban J connectivity index is 1.61. The summed E-state index contributed by atoms with van der Waals surface area (Å²) in [6.45, 7) is 6.08. The quantitative estimate of drug-likeness (QED) is 0.358. The fraction of sp³-hybridized carbons (Fsp3) is 0.179. The molecule has 0 aliphatic carbocycles. The second-order valence-electron chi connectivity index (χ2n) is 8.87. The molecule has 36 heavy (non-hydrogen) atoms. The van der Waals surface area contributed by atoms with Crippen LogP contribution in [0, 0.1) is 25.5 Å². The van der Waals surface area contributed by atoms with Crippen LogP contribution in [0.4, 0.5) is 13.6 Å². The lowest BCUT2D eigenvalue weighted by Gasteiger charge is -2.35. The average molecular weight is 487 g/mol. The second kappa shape index (κ2) is 9.37. The van der Waals surface area contributed by atoms with Crippen molar-refractivity contribution >= 4 is 11.6 Å². The third kappa shape index (κ3) is 4.49. The van der Waals surface area contributed by atoms with Gasteiger partial charge in [0.25, 0.3) is 5.89 Å². The summed E-state index contributed by atoms with van der Waals surface area (Å²) in [6, 6.07) is 17.1. The van der Waals surface area contributed by atoms with Gasteiger partial charge >= 0.3 is 6.03 Å². The minimum absolute atomic E-state index is 0.221. The second-order valence-corrected chi connectivity index (χ2v) is 8.87. The highest BCUT2D eigenvalue weighted by molar-refractivity contribution is 5.87. The van der Waals surface area contributed by atoms with E-state index >= 15 is 0 Å². The molecular weight excluding hydrogens is 462 g/mol. The molecular formula is C28H24F2N4O2. The van der Waals surface area contributed by atoms with Crippen LogP contribution in [0.5, 0.6) is 0 Å². The summed E-state index contributed by atoms with van der Waals surface area (Å²) in [6.07, 6.45) is 0. The zero-order valence-electron chi connectivity index (χ0n) is 20.0. The van der Waals surface area contributed by atoms with E-state index in [0.717, 1.165) is 22.3 Å². The number of benzene rings is 3. The van der Waals surface area contributed by atoms with E-state index in [9.17, 15) is 13.6 Å². The molecule has 1 aromatic heterocycles. The number of aromatic nitrogens is 2. The molecule has 1 unspecified atom stereocenters. The SMILES string of the molecule is CC1=C(c2nc(-c3cccc(F)c3)no2)C(c2ccc(C)c(C)c2)NC(=O)N1Cc1ccc(F)cc1. The van der Waals surface area contributed by atoms with E-state index in [1.165, 1.54) is 24.3 Å². The molecule has 4 aromatic rings. The Morgan fingerprint density at radius 3 is 2.44 bits per heavy atom. The van der Waals surface area contributed by atoms with Crippen molar-refractivity contribution < 1.29 is 18.1 Å². The minimum Gasteiger partial charge on any atom is -0.334 e. The summed E-state index contributed by atoms with van der Waals surface area (Å²) >= 11 is 0. The Labute approximate surface area is 207 Å². The maximum atomic E-state index is 13.8. The van der Waals surface area contributed by atoms with Gasteiger partial charge < -0.3 is 9.84 Å². The first-order chi connectivity index (χ1) is 17.3. The zero-order chi connectivity index (χ0) is 25.4. The summed E-state index contributed by atoms with van der Waals surface area (Å²) in [5, 5.41) is 7.14. The maximum absolute atomic E-state index is 13.8. The Morgan fingerprint density at radius 1 is 0.944 bits per heavy atom. The largest absolute Gasteiger partial charge is 0.334 e. The topological polar surface area (TPSA) is 71.3 Å². The van der Waals surface area contributed by atoms with Gasteiger partial charge in [-0.3, -0.25) is 4.90 Å². The molecule has 6 nitrogen and oxygen atoms in total. The molecule has 1 atom stereocenters. The predicted octanol–water partition coefficient (Wildman–Crippen LogP) is 6.33. The van der Waals surface area contributed by atoms with Crippen molar-refractivity contribution in [3.05, 3.63) is 112 Å². The van der Waals surface area contributed by atoms with Crippen LogP contribution in [0.3, 0.4) is 0 Å². The molecule has 182 valence electrons.